The van der Waals surface area contributed by atoms with Gasteiger partial charge in [-0.25, -0.2) is 4.79 Å². The summed E-state index contributed by atoms with van der Waals surface area (Å²) in [5.41, 5.74) is 15.3. The zero-order valence-corrected chi connectivity index (χ0v) is 33.1. The van der Waals surface area contributed by atoms with E-state index in [2.05, 4.69) is 20.9 Å². The molecular formula is C44H58N8O5. The van der Waals surface area contributed by atoms with Gasteiger partial charge in [-0.05, 0) is 74.1 Å². The Bertz CT molecular complexity index is 1940. The first kappa shape index (κ1) is 42.6. The van der Waals surface area contributed by atoms with Gasteiger partial charge >= 0.3 is 5.69 Å². The number of nitrogens with one attached hydrogen (secondary N) is 4. The summed E-state index contributed by atoms with van der Waals surface area (Å²) < 4.78 is 1.72. The van der Waals surface area contributed by atoms with Crippen LogP contribution >= 0.6 is 0 Å². The fourth-order valence-electron chi connectivity index (χ4n) is 7.33. The lowest BCUT2D eigenvalue weighted by atomic mass is 9.99. The molecule has 4 aromatic rings. The van der Waals surface area contributed by atoms with E-state index in [0.717, 1.165) is 22.4 Å². The zero-order chi connectivity index (χ0) is 40.7. The number of aromatic nitrogens is 2. The van der Waals surface area contributed by atoms with E-state index in [-0.39, 0.29) is 30.0 Å². The molecule has 0 spiro atoms. The topological polar surface area (TPSA) is 197 Å². The quantitative estimate of drug-likeness (QED) is 0.0784. The number of benzene rings is 3. The molecule has 1 saturated heterocycles. The van der Waals surface area contributed by atoms with E-state index < -0.39 is 41.9 Å². The number of hydrogen-bond donors (Lipinski definition) is 6. The van der Waals surface area contributed by atoms with Crippen molar-refractivity contribution in [1.82, 2.24) is 30.4 Å². The van der Waals surface area contributed by atoms with E-state index in [1.54, 1.807) is 9.47 Å². The third-order valence-corrected chi connectivity index (χ3v) is 10.5. The Labute approximate surface area is 335 Å². The summed E-state index contributed by atoms with van der Waals surface area (Å²) >= 11 is 0. The second kappa shape index (κ2) is 21.1. The van der Waals surface area contributed by atoms with Gasteiger partial charge in [0.1, 0.15) is 18.1 Å². The maximum Gasteiger partial charge on any atom is 0.326 e. The van der Waals surface area contributed by atoms with Crippen molar-refractivity contribution in [1.29, 1.82) is 0 Å². The van der Waals surface area contributed by atoms with Gasteiger partial charge in [-0.1, -0.05) is 105 Å². The number of carbonyl (C=O) groups excluding carboxylic acids is 4. The Morgan fingerprint density at radius 1 is 0.737 bits per heavy atom. The van der Waals surface area contributed by atoms with Crippen molar-refractivity contribution in [3.05, 3.63) is 119 Å². The summed E-state index contributed by atoms with van der Waals surface area (Å²) in [7, 11) is 0. The molecule has 4 atom stereocenters. The van der Waals surface area contributed by atoms with Crippen LogP contribution in [0.4, 0.5) is 0 Å². The van der Waals surface area contributed by atoms with Gasteiger partial charge in [-0.2, -0.15) is 0 Å². The van der Waals surface area contributed by atoms with E-state index in [4.69, 9.17) is 11.5 Å². The molecule has 13 nitrogen and oxygen atoms in total. The molecule has 1 aliphatic rings. The average Bonchev–Trinajstić information content (AvgIpc) is 3.61. The summed E-state index contributed by atoms with van der Waals surface area (Å²) in [6, 6.07) is 24.6. The number of aromatic amines is 1. The molecule has 304 valence electrons. The number of nitrogens with zero attached hydrogens (tertiary/aromatic N) is 2. The normalized spacial score (nSPS) is 15.4. The van der Waals surface area contributed by atoms with Crippen molar-refractivity contribution in [3.63, 3.8) is 0 Å². The maximum atomic E-state index is 14.1. The molecule has 0 bridgehead atoms. The molecule has 1 aromatic heterocycles. The molecular weight excluding hydrogens is 721 g/mol. The van der Waals surface area contributed by atoms with Crippen LogP contribution in [0.1, 0.15) is 69.5 Å². The first-order chi connectivity index (χ1) is 27.5. The van der Waals surface area contributed by atoms with Gasteiger partial charge in [0.15, 0.2) is 0 Å². The van der Waals surface area contributed by atoms with Crippen LogP contribution in [0.3, 0.4) is 0 Å². The number of piperidine rings is 1. The number of nitrogens with two attached hydrogens (primary N) is 2. The van der Waals surface area contributed by atoms with Crippen LogP contribution in [0.5, 0.6) is 0 Å². The summed E-state index contributed by atoms with van der Waals surface area (Å²) in [6.07, 6.45) is 5.48. The van der Waals surface area contributed by atoms with Gasteiger partial charge in [-0.3, -0.25) is 23.7 Å². The Kier molecular flexibility index (Phi) is 15.8. The highest BCUT2D eigenvalue weighted by molar-refractivity contribution is 5.95. The predicted octanol–water partition coefficient (Wildman–Crippen LogP) is 3.45. The van der Waals surface area contributed by atoms with Gasteiger partial charge in [0.2, 0.25) is 23.6 Å². The number of amides is 4. The Morgan fingerprint density at radius 2 is 1.28 bits per heavy atom. The summed E-state index contributed by atoms with van der Waals surface area (Å²) in [5, 5.41) is 8.73. The Balaban J connectivity index is 1.26. The summed E-state index contributed by atoms with van der Waals surface area (Å²) in [4.78, 5) is 73.2. The second-order valence-corrected chi connectivity index (χ2v) is 15.4. The average molecular weight is 779 g/mol. The maximum absolute atomic E-state index is 14.1. The Morgan fingerprint density at radius 3 is 1.88 bits per heavy atom. The van der Waals surface area contributed by atoms with Crippen LogP contribution in [0.2, 0.25) is 0 Å². The summed E-state index contributed by atoms with van der Waals surface area (Å²) in [6.45, 7) is 5.19. The first-order valence-electron chi connectivity index (χ1n) is 20.1. The minimum Gasteiger partial charge on any atom is -0.343 e. The number of H-pyrrole nitrogens is 1. The van der Waals surface area contributed by atoms with Gasteiger partial charge in [0, 0.05) is 31.7 Å². The number of imidazole rings is 1. The monoisotopic (exact) mass is 778 g/mol. The molecule has 13 heteroatoms. The molecule has 0 radical (unpaired) electrons. The van der Waals surface area contributed by atoms with E-state index in [0.29, 0.717) is 64.6 Å². The highest BCUT2D eigenvalue weighted by Crippen LogP contribution is 2.25. The highest BCUT2D eigenvalue weighted by Gasteiger charge is 2.34. The SMILES string of the molecule is CC(C)C[C@@H](NC(=O)[C@@H](Cc1ccccc1)NC(=O)[C@H](N)Cc1ccccc1)C(=O)N[C@H](CCCCN)C(=O)N1CCC(n2cc(-c3ccccc3)[nH]c2=O)CC1. The van der Waals surface area contributed by atoms with Crippen LogP contribution in [0.15, 0.2) is 102 Å². The molecule has 1 aliphatic heterocycles. The second-order valence-electron chi connectivity index (χ2n) is 15.4. The zero-order valence-electron chi connectivity index (χ0n) is 33.1. The lowest BCUT2D eigenvalue weighted by Gasteiger charge is -2.35. The van der Waals surface area contributed by atoms with E-state index in [1.807, 2.05) is 111 Å². The third-order valence-electron chi connectivity index (χ3n) is 10.5. The molecule has 2 heterocycles. The molecule has 57 heavy (non-hydrogen) atoms. The molecule has 0 aliphatic carbocycles. The van der Waals surface area contributed by atoms with Crippen molar-refractivity contribution >= 4 is 23.6 Å². The van der Waals surface area contributed by atoms with Gasteiger partial charge < -0.3 is 37.3 Å². The highest BCUT2D eigenvalue weighted by atomic mass is 16.2. The molecule has 4 amide bonds. The van der Waals surface area contributed by atoms with Gasteiger partial charge in [0.25, 0.3) is 0 Å². The lowest BCUT2D eigenvalue weighted by Crippen LogP contribution is -2.59. The van der Waals surface area contributed by atoms with Crippen LogP contribution in [-0.2, 0) is 32.0 Å². The number of hydrogen-bond acceptors (Lipinski definition) is 7. The molecule has 5 rings (SSSR count). The number of likely N-dealkylation sites (tertiary alicyclic amines) is 1. The van der Waals surface area contributed by atoms with E-state index in [1.165, 1.54) is 0 Å². The number of carbonyl (C=O) groups is 4. The van der Waals surface area contributed by atoms with Gasteiger partial charge in [-0.15, -0.1) is 0 Å². The molecule has 8 N–H and O–H groups in total. The minimum absolute atomic E-state index is 0.0205. The molecule has 1 fully saturated rings. The van der Waals surface area contributed by atoms with Crippen LogP contribution in [0.25, 0.3) is 11.3 Å². The van der Waals surface area contributed by atoms with Crippen LogP contribution in [-0.4, -0.2) is 81.9 Å². The Hall–Kier alpha value is -5.53. The predicted molar refractivity (Wildman–Crippen MR) is 222 cm³/mol. The minimum atomic E-state index is -1.01. The van der Waals surface area contributed by atoms with E-state index in [9.17, 15) is 24.0 Å². The number of rotatable bonds is 19. The smallest absolute Gasteiger partial charge is 0.326 e. The van der Waals surface area contributed by atoms with Crippen LogP contribution in [0, 0.1) is 5.92 Å². The first-order valence-corrected chi connectivity index (χ1v) is 20.1. The summed E-state index contributed by atoms with van der Waals surface area (Å²) in [5.74, 6) is -1.67. The fourth-order valence-corrected chi connectivity index (χ4v) is 7.33. The largest absolute Gasteiger partial charge is 0.343 e. The van der Waals surface area contributed by atoms with Crippen molar-refractivity contribution in [2.75, 3.05) is 19.6 Å². The standard InChI is InChI=1S/C44H58N8O5/c1-30(2)26-37(49-42(55)38(28-32-16-8-4-9-17-32)48-40(53)35(46)27-31-14-6-3-7-15-31)41(54)47-36(20-12-13-23-45)43(56)51-24-21-34(22-25-51)52-29-39(50-44(52)57)33-18-10-5-11-19-33/h3-11,14-19,29-30,34-38H,12-13,20-28,45-46H2,1-2H3,(H,47,54)(H,48,53)(H,49,55)(H,50,57)/t35-,36-,37-,38-/m1/s1. The third kappa shape index (κ3) is 12.5. The van der Waals surface area contributed by atoms with Crippen molar-refractivity contribution in [2.45, 2.75) is 95.4 Å². The van der Waals surface area contributed by atoms with Gasteiger partial charge in [0.05, 0.1) is 11.7 Å². The van der Waals surface area contributed by atoms with Crippen LogP contribution < -0.4 is 33.1 Å². The lowest BCUT2D eigenvalue weighted by molar-refractivity contribution is -0.139. The fraction of sp³-hybridized carbons (Fsp3) is 0.432. The molecule has 0 saturated carbocycles. The van der Waals surface area contributed by atoms with E-state index >= 15 is 0 Å². The molecule has 0 unspecified atom stereocenters. The van der Waals surface area contributed by atoms with Crippen molar-refractivity contribution in [3.8, 4) is 11.3 Å². The number of unbranched alkanes of at least 4 members (excludes halogenated alkanes) is 1. The van der Waals surface area contributed by atoms with Crippen molar-refractivity contribution < 1.29 is 19.2 Å². The molecule has 3 aromatic carbocycles. The van der Waals surface area contributed by atoms with Crippen molar-refractivity contribution in [2.24, 2.45) is 17.4 Å².